The summed E-state index contributed by atoms with van der Waals surface area (Å²) in [7, 11) is 1.38. The molecule has 0 saturated carbocycles. The second-order valence-corrected chi connectivity index (χ2v) is 8.45. The van der Waals surface area contributed by atoms with Crippen molar-refractivity contribution in [1.82, 2.24) is 4.98 Å². The van der Waals surface area contributed by atoms with Crippen LogP contribution in [0.25, 0.3) is 0 Å². The largest absolute Gasteiger partial charge is 0.465 e. The number of hydrogen-bond acceptors (Lipinski definition) is 5. The number of nitrogens with zero attached hydrogens (tertiary/aromatic N) is 1. The van der Waals surface area contributed by atoms with Crippen LogP contribution in [0.5, 0.6) is 0 Å². The van der Waals surface area contributed by atoms with Crippen molar-refractivity contribution in [1.29, 1.82) is 0 Å². The Morgan fingerprint density at radius 1 is 1.20 bits per heavy atom. The predicted octanol–water partition coefficient (Wildman–Crippen LogP) is 5.69. The van der Waals surface area contributed by atoms with Crippen LogP contribution in [-0.4, -0.2) is 24.6 Å². The molecule has 0 radical (unpaired) electrons. The maximum Gasteiger partial charge on any atom is 0.340 e. The van der Waals surface area contributed by atoms with E-state index in [1.807, 2.05) is 0 Å². The second-order valence-electron chi connectivity index (χ2n) is 7.30. The quantitative estimate of drug-likeness (QED) is 0.517. The van der Waals surface area contributed by atoms with E-state index in [1.54, 1.807) is 42.4 Å². The molecule has 0 bridgehead atoms. The summed E-state index contributed by atoms with van der Waals surface area (Å²) >= 11 is 1.65. The third-order valence-electron chi connectivity index (χ3n) is 5.37. The molecule has 30 heavy (non-hydrogen) atoms. The minimum absolute atomic E-state index is 0.218. The Hall–Kier alpha value is -2.86. The van der Waals surface area contributed by atoms with Crippen molar-refractivity contribution in [2.45, 2.75) is 35.0 Å². The van der Waals surface area contributed by atoms with Crippen molar-refractivity contribution in [2.75, 3.05) is 19.0 Å². The highest BCUT2D eigenvalue weighted by atomic mass is 32.2. The Labute approximate surface area is 179 Å². The Balaban J connectivity index is 1.48. The first-order chi connectivity index (χ1) is 14.6. The maximum absolute atomic E-state index is 13.1. The molecule has 1 unspecified atom stereocenters. The maximum atomic E-state index is 13.1. The normalized spacial score (nSPS) is 15.3. The van der Waals surface area contributed by atoms with Crippen LogP contribution in [-0.2, 0) is 11.2 Å². The molecule has 0 fully saturated rings. The molecule has 0 aliphatic heterocycles. The van der Waals surface area contributed by atoms with Crippen LogP contribution in [0.15, 0.2) is 70.7 Å². The molecule has 6 heteroatoms. The Bertz CT molecular complexity index is 1040. The number of benzene rings is 2. The van der Waals surface area contributed by atoms with Crippen LogP contribution in [0.4, 0.5) is 10.1 Å². The van der Waals surface area contributed by atoms with Gasteiger partial charge in [0.2, 0.25) is 0 Å². The van der Waals surface area contributed by atoms with Gasteiger partial charge >= 0.3 is 5.97 Å². The van der Waals surface area contributed by atoms with E-state index in [0.29, 0.717) is 17.2 Å². The van der Waals surface area contributed by atoms with E-state index < -0.39 is 0 Å². The topological polar surface area (TPSA) is 51.2 Å². The Morgan fingerprint density at radius 2 is 2.00 bits per heavy atom. The number of esters is 1. The fourth-order valence-corrected chi connectivity index (χ4v) is 4.74. The number of nitrogens with one attached hydrogen (secondary N) is 1. The molecule has 3 aromatic rings. The van der Waals surface area contributed by atoms with E-state index in [9.17, 15) is 9.18 Å². The molecule has 1 aliphatic rings. The molecule has 0 spiro atoms. The minimum atomic E-state index is -0.369. The summed E-state index contributed by atoms with van der Waals surface area (Å²) < 4.78 is 18.0. The number of anilines is 1. The lowest BCUT2D eigenvalue weighted by atomic mass is 9.83. The molecule has 4 nitrogen and oxygen atoms in total. The number of carbonyl (C=O) groups excluding carboxylic acids is 1. The van der Waals surface area contributed by atoms with E-state index in [0.717, 1.165) is 35.6 Å². The Kier molecular flexibility index (Phi) is 6.33. The predicted molar refractivity (Wildman–Crippen MR) is 117 cm³/mol. The van der Waals surface area contributed by atoms with Crippen molar-refractivity contribution >= 4 is 23.4 Å². The van der Waals surface area contributed by atoms with E-state index in [4.69, 9.17) is 4.74 Å². The highest BCUT2D eigenvalue weighted by Crippen LogP contribution is 2.36. The van der Waals surface area contributed by atoms with E-state index in [2.05, 4.69) is 28.5 Å². The number of pyridine rings is 1. The summed E-state index contributed by atoms with van der Waals surface area (Å²) in [5.74, 6) is -0.222. The van der Waals surface area contributed by atoms with Gasteiger partial charge in [-0.15, -0.1) is 0 Å². The summed E-state index contributed by atoms with van der Waals surface area (Å²) in [5.41, 5.74) is 3.90. The van der Waals surface area contributed by atoms with Gasteiger partial charge in [0.15, 0.2) is 0 Å². The number of aryl methyl sites for hydroxylation is 1. The number of halogens is 1. The van der Waals surface area contributed by atoms with Crippen molar-refractivity contribution in [3.05, 3.63) is 83.4 Å². The third-order valence-corrected chi connectivity index (χ3v) is 6.37. The first-order valence-electron chi connectivity index (χ1n) is 9.96. The van der Waals surface area contributed by atoms with Crippen molar-refractivity contribution in [2.24, 2.45) is 0 Å². The van der Waals surface area contributed by atoms with Crippen molar-refractivity contribution in [3.8, 4) is 0 Å². The van der Waals surface area contributed by atoms with E-state index in [1.165, 1.54) is 30.4 Å². The van der Waals surface area contributed by atoms with Crippen LogP contribution in [0.1, 0.15) is 40.2 Å². The van der Waals surface area contributed by atoms with Gasteiger partial charge in [0.05, 0.1) is 24.6 Å². The monoisotopic (exact) mass is 422 g/mol. The van der Waals surface area contributed by atoms with Gasteiger partial charge in [0.25, 0.3) is 0 Å². The van der Waals surface area contributed by atoms with Gasteiger partial charge in [-0.3, -0.25) is 4.98 Å². The smallest absolute Gasteiger partial charge is 0.340 e. The van der Waals surface area contributed by atoms with Gasteiger partial charge in [-0.25, -0.2) is 9.18 Å². The molecule has 1 aromatic heterocycles. The molecule has 1 atom stereocenters. The summed E-state index contributed by atoms with van der Waals surface area (Å²) in [6.45, 7) is 0.729. The van der Waals surface area contributed by atoms with Gasteiger partial charge in [0, 0.05) is 28.5 Å². The lowest BCUT2D eigenvalue weighted by Crippen LogP contribution is -2.19. The highest BCUT2D eigenvalue weighted by molar-refractivity contribution is 7.99. The molecule has 4 rings (SSSR count). The zero-order valence-electron chi connectivity index (χ0n) is 16.7. The zero-order valence-corrected chi connectivity index (χ0v) is 17.5. The lowest BCUT2D eigenvalue weighted by molar-refractivity contribution is 0.0601. The summed E-state index contributed by atoms with van der Waals surface area (Å²) in [6.07, 6.45) is 6.54. The fraction of sp³-hybridized carbons (Fsp3) is 0.250. The van der Waals surface area contributed by atoms with Crippen LogP contribution in [0, 0.1) is 5.82 Å². The van der Waals surface area contributed by atoms with Gasteiger partial charge < -0.3 is 10.1 Å². The number of methoxy groups -OCH3 is 1. The number of rotatable bonds is 6. The fourth-order valence-electron chi connectivity index (χ4n) is 3.86. The minimum Gasteiger partial charge on any atom is -0.465 e. The average Bonchev–Trinajstić information content (AvgIpc) is 2.78. The molecule has 1 heterocycles. The summed E-state index contributed by atoms with van der Waals surface area (Å²) in [4.78, 5) is 18.3. The Morgan fingerprint density at radius 3 is 2.80 bits per heavy atom. The number of carbonyl (C=O) groups is 1. The van der Waals surface area contributed by atoms with E-state index in [-0.39, 0.29) is 11.8 Å². The molecule has 1 aliphatic carbocycles. The van der Waals surface area contributed by atoms with Gasteiger partial charge in [-0.1, -0.05) is 17.8 Å². The summed E-state index contributed by atoms with van der Waals surface area (Å²) in [6, 6.07) is 14.8. The SMILES string of the molecule is COC(=O)c1ccncc1NCC1CCCc2cc(Sc3ccc(F)cc3)ccc21. The number of aromatic nitrogens is 1. The van der Waals surface area contributed by atoms with Gasteiger partial charge in [-0.05, 0) is 72.9 Å². The molecular formula is C24H23FN2O2S. The van der Waals surface area contributed by atoms with E-state index >= 15 is 0 Å². The molecule has 154 valence electrons. The third kappa shape index (κ3) is 4.65. The van der Waals surface area contributed by atoms with Gasteiger partial charge in [-0.2, -0.15) is 0 Å². The average molecular weight is 423 g/mol. The molecule has 0 saturated heterocycles. The second kappa shape index (κ2) is 9.30. The molecule has 0 amide bonds. The zero-order chi connectivity index (χ0) is 20.9. The number of ether oxygens (including phenoxy) is 1. The summed E-state index contributed by atoms with van der Waals surface area (Å²) in [5, 5.41) is 3.39. The first-order valence-corrected chi connectivity index (χ1v) is 10.8. The standard InChI is InChI=1S/C24H23FN2O2S/c1-29-24(28)22-11-12-26-15-23(22)27-14-17-4-2-3-16-13-20(9-10-21(16)17)30-19-7-5-18(25)6-8-19/h5-13,15,17,27H,2-4,14H2,1H3. The van der Waals surface area contributed by atoms with Gasteiger partial charge in [0.1, 0.15) is 5.82 Å². The van der Waals surface area contributed by atoms with Crippen molar-refractivity contribution in [3.63, 3.8) is 0 Å². The molecule has 1 N–H and O–H groups in total. The van der Waals surface area contributed by atoms with Crippen LogP contribution < -0.4 is 5.32 Å². The van der Waals surface area contributed by atoms with Crippen LogP contribution in [0.3, 0.4) is 0 Å². The van der Waals surface area contributed by atoms with Crippen molar-refractivity contribution < 1.29 is 13.9 Å². The number of fused-ring (bicyclic) bond motifs is 1. The van der Waals surface area contributed by atoms with Crippen LogP contribution >= 0.6 is 11.8 Å². The number of hydrogen-bond donors (Lipinski definition) is 1. The van der Waals surface area contributed by atoms with Crippen LogP contribution in [0.2, 0.25) is 0 Å². The lowest BCUT2D eigenvalue weighted by Gasteiger charge is -2.27. The molecular weight excluding hydrogens is 399 g/mol. The first kappa shape index (κ1) is 20.4. The molecule has 2 aromatic carbocycles. The highest BCUT2D eigenvalue weighted by Gasteiger charge is 2.21.